The van der Waals surface area contributed by atoms with Gasteiger partial charge in [0.25, 0.3) is 0 Å². The van der Waals surface area contributed by atoms with E-state index < -0.39 is 5.97 Å². The SMILES string of the molecule is CC(C)CC(CNCc1cc(Br)c2c(c1)OCCCO2)C(=O)O. The average molecular weight is 386 g/mol. The van der Waals surface area contributed by atoms with Crippen LogP contribution in [-0.2, 0) is 11.3 Å². The van der Waals surface area contributed by atoms with Crippen LogP contribution in [-0.4, -0.2) is 30.8 Å². The fourth-order valence-corrected chi connectivity index (χ4v) is 3.22. The number of hydrogen-bond acceptors (Lipinski definition) is 4. The normalized spacial score (nSPS) is 15.3. The van der Waals surface area contributed by atoms with E-state index in [4.69, 9.17) is 9.47 Å². The second kappa shape index (κ2) is 8.55. The van der Waals surface area contributed by atoms with Crippen molar-refractivity contribution in [1.82, 2.24) is 5.32 Å². The first-order chi connectivity index (χ1) is 11.0. The fraction of sp³-hybridized carbons (Fsp3) is 0.588. The zero-order valence-corrected chi connectivity index (χ0v) is 15.2. The molecule has 0 bridgehead atoms. The highest BCUT2D eigenvalue weighted by Gasteiger charge is 2.19. The van der Waals surface area contributed by atoms with Gasteiger partial charge in [0.2, 0.25) is 0 Å². The Morgan fingerprint density at radius 1 is 1.35 bits per heavy atom. The molecule has 23 heavy (non-hydrogen) atoms. The van der Waals surface area contributed by atoms with Gasteiger partial charge in [-0.15, -0.1) is 0 Å². The molecule has 1 aromatic carbocycles. The molecule has 1 unspecified atom stereocenters. The quantitative estimate of drug-likeness (QED) is 0.752. The summed E-state index contributed by atoms with van der Waals surface area (Å²) in [6.45, 7) is 6.43. The number of halogens is 1. The number of rotatable bonds is 7. The number of aliphatic carboxylic acids is 1. The van der Waals surface area contributed by atoms with Gasteiger partial charge in [0.05, 0.1) is 23.6 Å². The summed E-state index contributed by atoms with van der Waals surface area (Å²) in [4.78, 5) is 11.3. The van der Waals surface area contributed by atoms with Crippen LogP contribution in [0.15, 0.2) is 16.6 Å². The Hall–Kier alpha value is -1.27. The van der Waals surface area contributed by atoms with Crippen LogP contribution in [0.1, 0.15) is 32.3 Å². The third kappa shape index (κ3) is 5.39. The number of benzene rings is 1. The number of hydrogen-bond donors (Lipinski definition) is 2. The van der Waals surface area contributed by atoms with E-state index in [2.05, 4.69) is 21.2 Å². The Labute approximate surface area is 145 Å². The van der Waals surface area contributed by atoms with Gasteiger partial charge in [0, 0.05) is 19.5 Å². The number of carboxylic acid groups (broad SMARTS) is 1. The minimum atomic E-state index is -0.744. The van der Waals surface area contributed by atoms with Crippen molar-refractivity contribution in [2.24, 2.45) is 11.8 Å². The van der Waals surface area contributed by atoms with E-state index in [1.807, 2.05) is 26.0 Å². The maximum absolute atomic E-state index is 11.3. The smallest absolute Gasteiger partial charge is 0.307 e. The first-order valence-electron chi connectivity index (χ1n) is 7.99. The summed E-state index contributed by atoms with van der Waals surface area (Å²) in [5.74, 6) is 0.745. The molecular formula is C17H24BrNO4. The summed E-state index contributed by atoms with van der Waals surface area (Å²) < 4.78 is 12.3. The van der Waals surface area contributed by atoms with E-state index in [-0.39, 0.29) is 5.92 Å². The third-order valence-electron chi connectivity index (χ3n) is 3.69. The van der Waals surface area contributed by atoms with E-state index in [9.17, 15) is 9.90 Å². The van der Waals surface area contributed by atoms with Crippen LogP contribution in [0.2, 0.25) is 0 Å². The van der Waals surface area contributed by atoms with Crippen molar-refractivity contribution in [2.45, 2.75) is 33.2 Å². The predicted octanol–water partition coefficient (Wildman–Crippen LogP) is 3.45. The van der Waals surface area contributed by atoms with E-state index in [1.165, 1.54) is 0 Å². The molecule has 0 amide bonds. The molecule has 1 aromatic rings. The molecule has 2 N–H and O–H groups in total. The highest BCUT2D eigenvalue weighted by atomic mass is 79.9. The molecular weight excluding hydrogens is 362 g/mol. The summed E-state index contributed by atoms with van der Waals surface area (Å²) >= 11 is 3.52. The average Bonchev–Trinajstić information content (AvgIpc) is 2.71. The topological polar surface area (TPSA) is 67.8 Å². The Kier molecular flexibility index (Phi) is 6.72. The second-order valence-electron chi connectivity index (χ2n) is 6.25. The zero-order valence-electron chi connectivity index (χ0n) is 13.6. The number of carboxylic acids is 1. The van der Waals surface area contributed by atoms with Gasteiger partial charge in [0.1, 0.15) is 0 Å². The molecule has 6 heteroatoms. The minimum absolute atomic E-state index is 0.362. The molecule has 0 saturated heterocycles. The predicted molar refractivity (Wildman–Crippen MR) is 92.0 cm³/mol. The Balaban J connectivity index is 1.96. The van der Waals surface area contributed by atoms with Crippen molar-refractivity contribution in [3.05, 3.63) is 22.2 Å². The Morgan fingerprint density at radius 3 is 2.78 bits per heavy atom. The summed E-state index contributed by atoms with van der Waals surface area (Å²) in [6.07, 6.45) is 1.54. The lowest BCUT2D eigenvalue weighted by molar-refractivity contribution is -0.142. The minimum Gasteiger partial charge on any atom is -0.490 e. The molecule has 5 nitrogen and oxygen atoms in total. The van der Waals surface area contributed by atoms with E-state index >= 15 is 0 Å². The number of carbonyl (C=O) groups is 1. The second-order valence-corrected chi connectivity index (χ2v) is 7.11. The summed E-state index contributed by atoms with van der Waals surface area (Å²) in [7, 11) is 0. The highest BCUT2D eigenvalue weighted by Crippen LogP contribution is 2.38. The molecule has 0 fully saturated rings. The van der Waals surface area contributed by atoms with Crippen LogP contribution in [0.3, 0.4) is 0 Å². The maximum Gasteiger partial charge on any atom is 0.307 e. The van der Waals surface area contributed by atoms with Gasteiger partial charge < -0.3 is 19.9 Å². The van der Waals surface area contributed by atoms with Gasteiger partial charge in [-0.3, -0.25) is 4.79 Å². The molecule has 1 atom stereocenters. The maximum atomic E-state index is 11.3. The fourth-order valence-electron chi connectivity index (χ4n) is 2.62. The van der Waals surface area contributed by atoms with Crippen LogP contribution >= 0.6 is 15.9 Å². The van der Waals surface area contributed by atoms with Crippen molar-refractivity contribution >= 4 is 21.9 Å². The third-order valence-corrected chi connectivity index (χ3v) is 4.28. The van der Waals surface area contributed by atoms with Gasteiger partial charge in [-0.1, -0.05) is 13.8 Å². The van der Waals surface area contributed by atoms with Crippen molar-refractivity contribution in [1.29, 1.82) is 0 Å². The molecule has 0 aromatic heterocycles. The summed E-state index contributed by atoms with van der Waals surface area (Å²) in [5.41, 5.74) is 1.04. The van der Waals surface area contributed by atoms with Gasteiger partial charge in [-0.05, 0) is 46.0 Å². The molecule has 1 aliphatic rings. The first-order valence-corrected chi connectivity index (χ1v) is 8.78. The van der Waals surface area contributed by atoms with Crippen LogP contribution in [0, 0.1) is 11.8 Å². The van der Waals surface area contributed by atoms with E-state index in [1.54, 1.807) is 0 Å². The molecule has 1 heterocycles. The standard InChI is InChI=1S/C17H24BrNO4/c1-11(2)6-13(17(20)21)10-19-9-12-7-14(18)16-15(8-12)22-4-3-5-23-16/h7-8,11,13,19H,3-6,9-10H2,1-2H3,(H,20,21). The van der Waals surface area contributed by atoms with Crippen molar-refractivity contribution in [3.63, 3.8) is 0 Å². The van der Waals surface area contributed by atoms with Gasteiger partial charge >= 0.3 is 5.97 Å². The van der Waals surface area contributed by atoms with Crippen LogP contribution < -0.4 is 14.8 Å². The molecule has 128 valence electrons. The number of ether oxygens (including phenoxy) is 2. The zero-order chi connectivity index (χ0) is 16.8. The molecule has 2 rings (SSSR count). The van der Waals surface area contributed by atoms with Crippen LogP contribution in [0.5, 0.6) is 11.5 Å². The van der Waals surface area contributed by atoms with Gasteiger partial charge in [-0.25, -0.2) is 0 Å². The highest BCUT2D eigenvalue weighted by molar-refractivity contribution is 9.10. The van der Waals surface area contributed by atoms with Crippen LogP contribution in [0.25, 0.3) is 0 Å². The van der Waals surface area contributed by atoms with Gasteiger partial charge in [0.15, 0.2) is 11.5 Å². The summed E-state index contributed by atoms with van der Waals surface area (Å²) in [5, 5.41) is 12.5. The molecule has 0 saturated carbocycles. The van der Waals surface area contributed by atoms with Gasteiger partial charge in [-0.2, -0.15) is 0 Å². The lowest BCUT2D eigenvalue weighted by atomic mass is 9.97. The molecule has 0 spiro atoms. The van der Waals surface area contributed by atoms with Crippen molar-refractivity contribution < 1.29 is 19.4 Å². The van der Waals surface area contributed by atoms with E-state index in [0.717, 1.165) is 28.0 Å². The lowest BCUT2D eigenvalue weighted by Crippen LogP contribution is -2.29. The lowest BCUT2D eigenvalue weighted by Gasteiger charge is -2.16. The monoisotopic (exact) mass is 385 g/mol. The molecule has 0 radical (unpaired) electrons. The molecule has 1 aliphatic heterocycles. The summed E-state index contributed by atoms with van der Waals surface area (Å²) in [6, 6.07) is 3.94. The Morgan fingerprint density at radius 2 is 2.09 bits per heavy atom. The number of nitrogens with one attached hydrogen (secondary N) is 1. The van der Waals surface area contributed by atoms with E-state index in [0.29, 0.717) is 38.6 Å². The first kappa shape index (κ1) is 18.1. The van der Waals surface area contributed by atoms with Crippen molar-refractivity contribution in [3.8, 4) is 11.5 Å². The van der Waals surface area contributed by atoms with Crippen LogP contribution in [0.4, 0.5) is 0 Å². The largest absolute Gasteiger partial charge is 0.490 e. The Bertz CT molecular complexity index is 548. The van der Waals surface area contributed by atoms with Crippen molar-refractivity contribution in [2.75, 3.05) is 19.8 Å². The molecule has 0 aliphatic carbocycles. The number of fused-ring (bicyclic) bond motifs is 1.